The summed E-state index contributed by atoms with van der Waals surface area (Å²) in [5.74, 6) is -0.292. The minimum Gasteiger partial charge on any atom is -0.371 e. The van der Waals surface area contributed by atoms with Crippen molar-refractivity contribution in [2.24, 2.45) is 0 Å². The zero-order chi connectivity index (χ0) is 21.7. The van der Waals surface area contributed by atoms with Crippen molar-refractivity contribution in [1.82, 2.24) is 9.62 Å². The van der Waals surface area contributed by atoms with Crippen LogP contribution in [0.1, 0.15) is 54.3 Å². The third kappa shape index (κ3) is 4.91. The normalized spacial score (nSPS) is 19.6. The molecule has 162 valence electrons. The number of sulfonamides is 1. The van der Waals surface area contributed by atoms with Gasteiger partial charge in [0.2, 0.25) is 10.0 Å². The van der Waals surface area contributed by atoms with Crippen molar-refractivity contribution in [3.8, 4) is 0 Å². The summed E-state index contributed by atoms with van der Waals surface area (Å²) in [7, 11) is -3.62. The quantitative estimate of drug-likeness (QED) is 0.727. The Kier molecular flexibility index (Phi) is 7.28. The molecular weight excluding hydrogens is 400 g/mol. The predicted molar refractivity (Wildman–Crippen MR) is 117 cm³/mol. The Labute approximate surface area is 179 Å². The first-order valence-corrected chi connectivity index (χ1v) is 11.9. The highest BCUT2D eigenvalue weighted by Gasteiger charge is 2.29. The van der Waals surface area contributed by atoms with Crippen molar-refractivity contribution < 1.29 is 17.9 Å². The molecule has 7 heteroatoms. The summed E-state index contributed by atoms with van der Waals surface area (Å²) in [6, 6.07) is 14.2. The van der Waals surface area contributed by atoms with Gasteiger partial charge in [-0.05, 0) is 43.5 Å². The van der Waals surface area contributed by atoms with Crippen molar-refractivity contribution in [3.05, 3.63) is 65.2 Å². The van der Waals surface area contributed by atoms with Crippen LogP contribution in [0.3, 0.4) is 0 Å². The van der Waals surface area contributed by atoms with E-state index < -0.39 is 10.0 Å². The number of carbonyl (C=O) groups is 1. The van der Waals surface area contributed by atoms with E-state index in [9.17, 15) is 13.2 Å². The Hall–Kier alpha value is -2.22. The first-order chi connectivity index (χ1) is 14.4. The Morgan fingerprint density at radius 1 is 1.13 bits per heavy atom. The summed E-state index contributed by atoms with van der Waals surface area (Å²) in [5, 5.41) is 3.06. The molecule has 0 spiro atoms. The Morgan fingerprint density at radius 2 is 1.83 bits per heavy atom. The van der Waals surface area contributed by atoms with E-state index in [-0.39, 0.29) is 22.9 Å². The molecule has 0 bridgehead atoms. The van der Waals surface area contributed by atoms with Crippen LogP contribution in [-0.4, -0.2) is 44.4 Å². The van der Waals surface area contributed by atoms with Crippen LogP contribution in [0.5, 0.6) is 0 Å². The van der Waals surface area contributed by atoms with Gasteiger partial charge in [0, 0.05) is 25.3 Å². The van der Waals surface area contributed by atoms with E-state index in [0.29, 0.717) is 25.3 Å². The van der Waals surface area contributed by atoms with E-state index in [2.05, 4.69) is 5.32 Å². The highest BCUT2D eigenvalue weighted by atomic mass is 32.2. The SMILES string of the molecule is CCN(CC)S(=O)(=O)c1cccc(C(=O)N[C@H]2CCCO[C@@H]2c2ccc(C)cc2)c1. The molecule has 1 aliphatic heterocycles. The Balaban J connectivity index is 1.80. The summed E-state index contributed by atoms with van der Waals surface area (Å²) >= 11 is 0. The van der Waals surface area contributed by atoms with Gasteiger partial charge in [0.25, 0.3) is 5.91 Å². The number of nitrogens with zero attached hydrogens (tertiary/aromatic N) is 1. The van der Waals surface area contributed by atoms with Crippen LogP contribution in [0.4, 0.5) is 0 Å². The number of carbonyl (C=O) groups excluding carboxylic acids is 1. The molecule has 0 aliphatic carbocycles. The van der Waals surface area contributed by atoms with Crippen LogP contribution in [0.15, 0.2) is 53.4 Å². The maximum Gasteiger partial charge on any atom is 0.251 e. The first kappa shape index (κ1) is 22.5. The van der Waals surface area contributed by atoms with Gasteiger partial charge in [-0.2, -0.15) is 4.31 Å². The summed E-state index contributed by atoms with van der Waals surface area (Å²) in [4.78, 5) is 13.1. The van der Waals surface area contributed by atoms with Gasteiger partial charge in [-0.3, -0.25) is 4.79 Å². The maximum atomic E-state index is 13.0. The molecule has 0 unspecified atom stereocenters. The van der Waals surface area contributed by atoms with Crippen molar-refractivity contribution in [2.45, 2.75) is 50.7 Å². The van der Waals surface area contributed by atoms with Gasteiger partial charge in [-0.15, -0.1) is 0 Å². The molecule has 1 aliphatic rings. The molecule has 1 N–H and O–H groups in total. The molecule has 0 saturated carbocycles. The number of aryl methyl sites for hydroxylation is 1. The van der Waals surface area contributed by atoms with E-state index in [1.807, 2.05) is 31.2 Å². The molecule has 6 nitrogen and oxygen atoms in total. The van der Waals surface area contributed by atoms with Gasteiger partial charge in [-0.25, -0.2) is 8.42 Å². The summed E-state index contributed by atoms with van der Waals surface area (Å²) < 4.78 is 33.0. The number of rotatable bonds is 7. The zero-order valence-corrected chi connectivity index (χ0v) is 18.6. The van der Waals surface area contributed by atoms with Crippen LogP contribution in [0.25, 0.3) is 0 Å². The van der Waals surface area contributed by atoms with E-state index >= 15 is 0 Å². The van der Waals surface area contributed by atoms with Gasteiger partial charge in [0.05, 0.1) is 10.9 Å². The number of hydrogen-bond acceptors (Lipinski definition) is 4. The average Bonchev–Trinajstić information content (AvgIpc) is 2.75. The van der Waals surface area contributed by atoms with Crippen molar-refractivity contribution in [3.63, 3.8) is 0 Å². The lowest BCUT2D eigenvalue weighted by molar-refractivity contribution is -0.00946. The van der Waals surface area contributed by atoms with Gasteiger partial charge in [0.15, 0.2) is 0 Å². The number of hydrogen-bond donors (Lipinski definition) is 1. The second-order valence-electron chi connectivity index (χ2n) is 7.54. The second-order valence-corrected chi connectivity index (χ2v) is 9.48. The molecular formula is C23H30N2O4S. The van der Waals surface area contributed by atoms with Crippen molar-refractivity contribution >= 4 is 15.9 Å². The van der Waals surface area contributed by atoms with E-state index in [0.717, 1.165) is 18.4 Å². The van der Waals surface area contributed by atoms with Gasteiger partial charge in [0.1, 0.15) is 6.10 Å². The average molecular weight is 431 g/mol. The lowest BCUT2D eigenvalue weighted by atomic mass is 9.95. The minimum absolute atomic E-state index is 0.133. The molecule has 0 aromatic heterocycles. The fourth-order valence-corrected chi connectivity index (χ4v) is 5.28. The van der Waals surface area contributed by atoms with Gasteiger partial charge < -0.3 is 10.1 Å². The summed E-state index contributed by atoms with van der Waals surface area (Å²) in [5.41, 5.74) is 2.53. The van der Waals surface area contributed by atoms with Gasteiger partial charge in [-0.1, -0.05) is 49.7 Å². The van der Waals surface area contributed by atoms with Crippen molar-refractivity contribution in [2.75, 3.05) is 19.7 Å². The molecule has 1 saturated heterocycles. The molecule has 0 radical (unpaired) electrons. The first-order valence-electron chi connectivity index (χ1n) is 10.5. The smallest absolute Gasteiger partial charge is 0.251 e. The predicted octanol–water partition coefficient (Wildman–Crippen LogP) is 3.68. The lowest BCUT2D eigenvalue weighted by Crippen LogP contribution is -2.42. The monoisotopic (exact) mass is 430 g/mol. The third-order valence-electron chi connectivity index (χ3n) is 5.48. The van der Waals surface area contributed by atoms with Crippen LogP contribution in [0.2, 0.25) is 0 Å². The maximum absolute atomic E-state index is 13.0. The number of ether oxygens (including phenoxy) is 1. The molecule has 30 heavy (non-hydrogen) atoms. The minimum atomic E-state index is -3.62. The molecule has 1 amide bonds. The standard InChI is InChI=1S/C23H30N2O4S/c1-4-25(5-2)30(27,28)20-9-6-8-19(16-20)23(26)24-21-10-7-15-29-22(21)18-13-11-17(3)12-14-18/h6,8-9,11-14,16,21-22H,4-5,7,10,15H2,1-3H3,(H,24,26)/t21-,22+/m0/s1. The molecule has 1 heterocycles. The summed E-state index contributed by atoms with van der Waals surface area (Å²) in [6.45, 7) is 7.05. The highest BCUT2D eigenvalue weighted by molar-refractivity contribution is 7.89. The van der Waals surface area contributed by atoms with E-state index in [4.69, 9.17) is 4.74 Å². The van der Waals surface area contributed by atoms with Crippen LogP contribution in [0, 0.1) is 6.92 Å². The van der Waals surface area contributed by atoms with Crippen LogP contribution < -0.4 is 5.32 Å². The molecule has 1 fully saturated rings. The van der Waals surface area contributed by atoms with Crippen LogP contribution in [-0.2, 0) is 14.8 Å². The molecule has 2 aromatic carbocycles. The van der Waals surface area contributed by atoms with Gasteiger partial charge >= 0.3 is 0 Å². The third-order valence-corrected chi connectivity index (χ3v) is 7.53. The number of amides is 1. The number of nitrogens with one attached hydrogen (secondary N) is 1. The fourth-order valence-electron chi connectivity index (χ4n) is 3.78. The van der Waals surface area contributed by atoms with Crippen molar-refractivity contribution in [1.29, 1.82) is 0 Å². The number of benzene rings is 2. The molecule has 3 rings (SSSR count). The van der Waals surface area contributed by atoms with E-state index in [1.165, 1.54) is 22.0 Å². The zero-order valence-electron chi connectivity index (χ0n) is 17.8. The Morgan fingerprint density at radius 3 is 2.50 bits per heavy atom. The highest BCUT2D eigenvalue weighted by Crippen LogP contribution is 2.29. The lowest BCUT2D eigenvalue weighted by Gasteiger charge is -2.32. The Bertz CT molecular complexity index is 969. The topological polar surface area (TPSA) is 75.7 Å². The van der Waals surface area contributed by atoms with E-state index in [1.54, 1.807) is 26.0 Å². The molecule has 2 atom stereocenters. The fraction of sp³-hybridized carbons (Fsp3) is 0.435. The van der Waals surface area contributed by atoms with Crippen LogP contribution >= 0.6 is 0 Å². The second kappa shape index (κ2) is 9.73. The molecule has 2 aromatic rings. The summed E-state index contributed by atoms with van der Waals surface area (Å²) in [6.07, 6.45) is 1.46. The largest absolute Gasteiger partial charge is 0.371 e.